The Morgan fingerprint density at radius 2 is 1.89 bits per heavy atom. The first-order valence-electron chi connectivity index (χ1n) is 11.5. The summed E-state index contributed by atoms with van der Waals surface area (Å²) in [6.45, 7) is 1.69. The van der Waals surface area contributed by atoms with Gasteiger partial charge in [0.05, 0.1) is 5.56 Å². The Morgan fingerprint density at radius 3 is 2.57 bits per heavy atom. The van der Waals surface area contributed by atoms with Crippen LogP contribution in [0.3, 0.4) is 0 Å². The summed E-state index contributed by atoms with van der Waals surface area (Å²) in [5, 5.41) is 8.88. The van der Waals surface area contributed by atoms with E-state index in [9.17, 15) is 18.8 Å². The van der Waals surface area contributed by atoms with Crippen molar-refractivity contribution in [1.82, 2.24) is 15.5 Å². The first-order valence-corrected chi connectivity index (χ1v) is 11.9. The van der Waals surface area contributed by atoms with Crippen LogP contribution in [0.5, 0.6) is 0 Å². The molecule has 3 rings (SSSR count). The lowest BCUT2D eigenvalue weighted by molar-refractivity contribution is -0.124. The van der Waals surface area contributed by atoms with Gasteiger partial charge in [0.25, 0.3) is 5.91 Å². The number of hydrogen-bond donors (Lipinski definition) is 3. The van der Waals surface area contributed by atoms with E-state index in [-0.39, 0.29) is 23.4 Å². The lowest BCUT2D eigenvalue weighted by Gasteiger charge is -2.35. The standard InChI is InChI=1S/C25H30ClFN4O4/c1-35-15-5-12-28-24(33)22(30-23(32)20-8-2-3-9-21(20)27)17-10-13-31(14-11-17)25(34)29-19-7-4-6-18(26)16-19/h2-4,6-9,16-17,22H,5,10-15H2,1H3,(H,28,33)(H,29,34)(H,30,32). The number of likely N-dealkylation sites (tertiary alicyclic amines) is 1. The van der Waals surface area contributed by atoms with Gasteiger partial charge in [-0.15, -0.1) is 0 Å². The zero-order valence-corrected chi connectivity index (χ0v) is 20.3. The van der Waals surface area contributed by atoms with E-state index >= 15 is 0 Å². The van der Waals surface area contributed by atoms with Crippen LogP contribution in [0, 0.1) is 11.7 Å². The molecular weight excluding hydrogens is 475 g/mol. The summed E-state index contributed by atoms with van der Waals surface area (Å²) in [4.78, 5) is 40.1. The number of benzene rings is 2. The number of nitrogens with zero attached hydrogens (tertiary/aromatic N) is 1. The summed E-state index contributed by atoms with van der Waals surface area (Å²) in [7, 11) is 1.58. The van der Waals surface area contributed by atoms with Gasteiger partial charge in [0.2, 0.25) is 5.91 Å². The molecule has 0 aromatic heterocycles. The van der Waals surface area contributed by atoms with Crippen molar-refractivity contribution in [2.75, 3.05) is 38.7 Å². The molecule has 2 aromatic rings. The van der Waals surface area contributed by atoms with Gasteiger partial charge in [-0.3, -0.25) is 9.59 Å². The average molecular weight is 505 g/mol. The molecule has 4 amide bonds. The van der Waals surface area contributed by atoms with Crippen LogP contribution < -0.4 is 16.0 Å². The molecule has 35 heavy (non-hydrogen) atoms. The zero-order chi connectivity index (χ0) is 25.2. The first-order chi connectivity index (χ1) is 16.9. The second kappa shape index (κ2) is 13.1. The summed E-state index contributed by atoms with van der Waals surface area (Å²) in [6, 6.07) is 11.4. The third-order valence-corrected chi connectivity index (χ3v) is 6.12. The highest BCUT2D eigenvalue weighted by molar-refractivity contribution is 6.30. The van der Waals surface area contributed by atoms with E-state index in [1.807, 2.05) is 0 Å². The number of ether oxygens (including phenoxy) is 1. The fourth-order valence-corrected chi connectivity index (χ4v) is 4.19. The lowest BCUT2D eigenvalue weighted by atomic mass is 9.88. The summed E-state index contributed by atoms with van der Waals surface area (Å²) in [6.07, 6.45) is 1.62. The van der Waals surface area contributed by atoms with Gasteiger partial charge in [-0.25, -0.2) is 9.18 Å². The highest BCUT2D eigenvalue weighted by atomic mass is 35.5. The van der Waals surface area contributed by atoms with Gasteiger partial charge in [-0.05, 0) is 55.5 Å². The lowest BCUT2D eigenvalue weighted by Crippen LogP contribution is -2.54. The number of methoxy groups -OCH3 is 1. The van der Waals surface area contributed by atoms with E-state index in [0.29, 0.717) is 56.2 Å². The Labute approximate surface area is 209 Å². The van der Waals surface area contributed by atoms with Crippen LogP contribution in [0.4, 0.5) is 14.9 Å². The van der Waals surface area contributed by atoms with Crippen molar-refractivity contribution < 1.29 is 23.5 Å². The van der Waals surface area contributed by atoms with Gasteiger partial charge in [0, 0.05) is 44.1 Å². The number of amides is 4. The molecule has 3 N–H and O–H groups in total. The van der Waals surface area contributed by atoms with Crippen LogP contribution in [0.2, 0.25) is 5.02 Å². The number of rotatable bonds is 9. The highest BCUT2D eigenvalue weighted by Crippen LogP contribution is 2.23. The Bertz CT molecular complexity index is 1030. The van der Waals surface area contributed by atoms with E-state index in [1.165, 1.54) is 18.2 Å². The molecular formula is C25H30ClFN4O4. The number of carbonyl (C=O) groups is 3. The number of nitrogens with one attached hydrogen (secondary N) is 3. The Hall–Kier alpha value is -3.17. The maximum Gasteiger partial charge on any atom is 0.321 e. The SMILES string of the molecule is COCCCNC(=O)C(NC(=O)c1ccccc1F)C1CCN(C(=O)Nc2cccc(Cl)c2)CC1. The van der Waals surface area contributed by atoms with Gasteiger partial charge in [-0.1, -0.05) is 29.8 Å². The fourth-order valence-electron chi connectivity index (χ4n) is 4.00. The van der Waals surface area contributed by atoms with Gasteiger partial charge in [-0.2, -0.15) is 0 Å². The smallest absolute Gasteiger partial charge is 0.321 e. The van der Waals surface area contributed by atoms with Crippen molar-refractivity contribution in [3.63, 3.8) is 0 Å². The molecule has 1 aliphatic rings. The average Bonchev–Trinajstić information content (AvgIpc) is 2.85. The van der Waals surface area contributed by atoms with Crippen LogP contribution in [-0.2, 0) is 9.53 Å². The molecule has 0 aliphatic carbocycles. The van der Waals surface area contributed by atoms with Gasteiger partial charge in [0.1, 0.15) is 11.9 Å². The quantitative estimate of drug-likeness (QED) is 0.454. The van der Waals surface area contributed by atoms with Crippen molar-refractivity contribution in [1.29, 1.82) is 0 Å². The third-order valence-electron chi connectivity index (χ3n) is 5.89. The number of piperidine rings is 1. The summed E-state index contributed by atoms with van der Waals surface area (Å²) in [5.74, 6) is -1.87. The van der Waals surface area contributed by atoms with Gasteiger partial charge >= 0.3 is 6.03 Å². The Kier molecular flexibility index (Phi) is 9.86. The van der Waals surface area contributed by atoms with Crippen molar-refractivity contribution >= 4 is 35.1 Å². The van der Waals surface area contributed by atoms with E-state index in [0.717, 1.165) is 0 Å². The molecule has 0 radical (unpaired) electrons. The summed E-state index contributed by atoms with van der Waals surface area (Å²) in [5.41, 5.74) is 0.470. The largest absolute Gasteiger partial charge is 0.385 e. The minimum absolute atomic E-state index is 0.122. The highest BCUT2D eigenvalue weighted by Gasteiger charge is 2.34. The molecule has 0 spiro atoms. The van der Waals surface area contributed by atoms with E-state index in [1.54, 1.807) is 42.3 Å². The minimum Gasteiger partial charge on any atom is -0.385 e. The zero-order valence-electron chi connectivity index (χ0n) is 19.6. The predicted octanol–water partition coefficient (Wildman–Crippen LogP) is 3.67. The summed E-state index contributed by atoms with van der Waals surface area (Å²) >= 11 is 5.98. The molecule has 0 saturated carbocycles. The second-order valence-electron chi connectivity index (χ2n) is 8.33. The minimum atomic E-state index is -0.859. The number of carbonyl (C=O) groups excluding carboxylic acids is 3. The van der Waals surface area contributed by atoms with Gasteiger partial charge in [0.15, 0.2) is 0 Å². The van der Waals surface area contributed by atoms with Crippen LogP contribution in [0.1, 0.15) is 29.6 Å². The van der Waals surface area contributed by atoms with E-state index in [4.69, 9.17) is 16.3 Å². The molecule has 8 nitrogen and oxygen atoms in total. The molecule has 0 bridgehead atoms. The monoisotopic (exact) mass is 504 g/mol. The van der Waals surface area contributed by atoms with Crippen molar-refractivity contribution in [3.8, 4) is 0 Å². The topological polar surface area (TPSA) is 99.8 Å². The Balaban J connectivity index is 1.63. The molecule has 1 unspecified atom stereocenters. The summed E-state index contributed by atoms with van der Waals surface area (Å²) < 4.78 is 19.1. The van der Waals surface area contributed by atoms with Gasteiger partial charge < -0.3 is 25.6 Å². The normalized spacial score (nSPS) is 14.8. The molecule has 188 valence electrons. The number of urea groups is 1. The van der Waals surface area contributed by atoms with Crippen LogP contribution in [-0.4, -0.2) is 62.1 Å². The first kappa shape index (κ1) is 26.4. The van der Waals surface area contributed by atoms with Crippen molar-refractivity contribution in [2.45, 2.75) is 25.3 Å². The molecule has 10 heteroatoms. The number of anilines is 1. The maximum atomic E-state index is 14.1. The molecule has 1 atom stereocenters. The van der Waals surface area contributed by atoms with Crippen LogP contribution in [0.15, 0.2) is 48.5 Å². The molecule has 1 heterocycles. The molecule has 1 fully saturated rings. The van der Waals surface area contributed by atoms with Crippen molar-refractivity contribution in [3.05, 3.63) is 64.9 Å². The Morgan fingerprint density at radius 1 is 1.14 bits per heavy atom. The van der Waals surface area contributed by atoms with E-state index < -0.39 is 17.8 Å². The van der Waals surface area contributed by atoms with Crippen molar-refractivity contribution in [2.24, 2.45) is 5.92 Å². The number of hydrogen-bond acceptors (Lipinski definition) is 4. The van der Waals surface area contributed by atoms with E-state index in [2.05, 4.69) is 16.0 Å². The molecule has 2 aromatic carbocycles. The molecule has 1 saturated heterocycles. The molecule has 1 aliphatic heterocycles. The fraction of sp³-hybridized carbons (Fsp3) is 0.400. The number of halogens is 2. The van der Waals surface area contributed by atoms with Crippen LogP contribution >= 0.6 is 11.6 Å². The predicted molar refractivity (Wildman–Crippen MR) is 132 cm³/mol. The third kappa shape index (κ3) is 7.66. The maximum absolute atomic E-state index is 14.1. The van der Waals surface area contributed by atoms with Crippen LogP contribution in [0.25, 0.3) is 0 Å². The second-order valence-corrected chi connectivity index (χ2v) is 8.77.